The van der Waals surface area contributed by atoms with Crippen molar-refractivity contribution in [2.24, 2.45) is 0 Å². The van der Waals surface area contributed by atoms with Gasteiger partial charge in [-0.2, -0.15) is 0 Å². The van der Waals surface area contributed by atoms with Crippen LogP contribution >= 0.6 is 11.3 Å². The lowest BCUT2D eigenvalue weighted by Gasteiger charge is -2.36. The van der Waals surface area contributed by atoms with Gasteiger partial charge in [-0.3, -0.25) is 4.79 Å². The second-order valence-corrected chi connectivity index (χ2v) is 8.62. The third kappa shape index (κ3) is 3.57. The van der Waals surface area contributed by atoms with Gasteiger partial charge in [0.05, 0.1) is 21.7 Å². The van der Waals surface area contributed by atoms with Gasteiger partial charge in [0.15, 0.2) is 0 Å². The van der Waals surface area contributed by atoms with Crippen molar-refractivity contribution in [3.8, 4) is 10.6 Å². The van der Waals surface area contributed by atoms with Gasteiger partial charge >= 0.3 is 0 Å². The van der Waals surface area contributed by atoms with Crippen LogP contribution in [0.4, 0.5) is 5.69 Å². The van der Waals surface area contributed by atoms with Crippen molar-refractivity contribution in [1.82, 2.24) is 9.88 Å². The standard InChI is InChI=1S/C25H23N3OS/c1-18-6-4-7-19(16-18)27-11-13-28(14-12-27)25(29)21-17-23(24-10-5-15-30-24)26-22-9-3-2-8-20(21)22/h2-10,15-17H,11-14H2,1H3. The number of rotatable bonds is 3. The van der Waals surface area contributed by atoms with Gasteiger partial charge in [-0.25, -0.2) is 4.98 Å². The minimum atomic E-state index is 0.0929. The van der Waals surface area contributed by atoms with E-state index in [1.807, 2.05) is 46.7 Å². The van der Waals surface area contributed by atoms with Crippen molar-refractivity contribution in [3.63, 3.8) is 0 Å². The Balaban J connectivity index is 1.42. The van der Waals surface area contributed by atoms with Gasteiger partial charge in [-0.05, 0) is 48.2 Å². The number of anilines is 1. The number of fused-ring (bicyclic) bond motifs is 1. The molecule has 150 valence electrons. The number of nitrogens with zero attached hydrogens (tertiary/aromatic N) is 3. The number of benzene rings is 2. The van der Waals surface area contributed by atoms with Gasteiger partial charge in [-0.15, -0.1) is 11.3 Å². The van der Waals surface area contributed by atoms with Crippen LogP contribution in [0.2, 0.25) is 0 Å². The number of aryl methyl sites for hydroxylation is 1. The van der Waals surface area contributed by atoms with Gasteiger partial charge in [0.2, 0.25) is 0 Å². The molecule has 1 aliphatic heterocycles. The summed E-state index contributed by atoms with van der Waals surface area (Å²) in [5, 5.41) is 2.96. The first-order valence-corrected chi connectivity index (χ1v) is 11.1. The summed E-state index contributed by atoms with van der Waals surface area (Å²) in [5.74, 6) is 0.0929. The minimum Gasteiger partial charge on any atom is -0.368 e. The Morgan fingerprint density at radius 3 is 2.53 bits per heavy atom. The first-order valence-electron chi connectivity index (χ1n) is 10.2. The van der Waals surface area contributed by atoms with E-state index in [4.69, 9.17) is 4.98 Å². The van der Waals surface area contributed by atoms with E-state index in [1.54, 1.807) is 11.3 Å². The van der Waals surface area contributed by atoms with E-state index in [9.17, 15) is 4.79 Å². The van der Waals surface area contributed by atoms with Gasteiger partial charge in [0, 0.05) is 37.3 Å². The van der Waals surface area contributed by atoms with E-state index in [-0.39, 0.29) is 5.91 Å². The molecule has 30 heavy (non-hydrogen) atoms. The topological polar surface area (TPSA) is 36.4 Å². The molecule has 0 saturated carbocycles. The summed E-state index contributed by atoms with van der Waals surface area (Å²) in [6.07, 6.45) is 0. The summed E-state index contributed by atoms with van der Waals surface area (Å²) < 4.78 is 0. The molecular weight excluding hydrogens is 390 g/mol. The molecule has 5 rings (SSSR count). The Labute approximate surface area is 180 Å². The number of thiophene rings is 1. The predicted molar refractivity (Wildman–Crippen MR) is 124 cm³/mol. The molecule has 2 aromatic heterocycles. The maximum atomic E-state index is 13.5. The van der Waals surface area contributed by atoms with Gasteiger partial charge in [-0.1, -0.05) is 36.4 Å². The summed E-state index contributed by atoms with van der Waals surface area (Å²) in [6.45, 7) is 5.24. The predicted octanol–water partition coefficient (Wildman–Crippen LogP) is 5.23. The lowest BCUT2D eigenvalue weighted by atomic mass is 10.1. The summed E-state index contributed by atoms with van der Waals surface area (Å²) in [7, 11) is 0. The Bertz CT molecular complexity index is 1190. The molecule has 0 unspecified atom stereocenters. The largest absolute Gasteiger partial charge is 0.368 e. The number of amides is 1. The molecule has 0 bridgehead atoms. The Morgan fingerprint density at radius 2 is 1.77 bits per heavy atom. The highest BCUT2D eigenvalue weighted by atomic mass is 32.1. The SMILES string of the molecule is Cc1cccc(N2CCN(C(=O)c3cc(-c4cccs4)nc4ccccc34)CC2)c1. The molecule has 0 N–H and O–H groups in total. The quantitative estimate of drug-likeness (QED) is 0.461. The number of piperazine rings is 1. The van der Waals surface area contributed by atoms with E-state index in [0.29, 0.717) is 0 Å². The fourth-order valence-electron chi connectivity index (χ4n) is 4.07. The molecule has 4 aromatic rings. The third-order valence-corrected chi connectivity index (χ3v) is 6.55. The first-order chi connectivity index (χ1) is 14.7. The van der Waals surface area contributed by atoms with E-state index >= 15 is 0 Å². The van der Waals surface area contributed by atoms with Crippen LogP contribution in [-0.4, -0.2) is 42.0 Å². The second-order valence-electron chi connectivity index (χ2n) is 7.67. The Morgan fingerprint density at radius 1 is 0.933 bits per heavy atom. The van der Waals surface area contributed by atoms with Gasteiger partial charge in [0.25, 0.3) is 5.91 Å². The summed E-state index contributed by atoms with van der Waals surface area (Å²) in [5.41, 5.74) is 4.97. The van der Waals surface area contributed by atoms with Crippen LogP contribution in [0.25, 0.3) is 21.5 Å². The fourth-order valence-corrected chi connectivity index (χ4v) is 4.75. The highest BCUT2D eigenvalue weighted by molar-refractivity contribution is 7.13. The first kappa shape index (κ1) is 18.8. The van der Waals surface area contributed by atoms with Crippen LogP contribution in [0.15, 0.2) is 72.1 Å². The number of carbonyl (C=O) groups excluding carboxylic acids is 1. The molecule has 1 saturated heterocycles. The fraction of sp³-hybridized carbons (Fsp3) is 0.200. The third-order valence-electron chi connectivity index (χ3n) is 5.65. The zero-order chi connectivity index (χ0) is 20.5. The van der Waals surface area contributed by atoms with Crippen LogP contribution in [0.3, 0.4) is 0 Å². The summed E-state index contributed by atoms with van der Waals surface area (Å²) in [6, 6.07) is 22.5. The number of hydrogen-bond donors (Lipinski definition) is 0. The summed E-state index contributed by atoms with van der Waals surface area (Å²) in [4.78, 5) is 23.7. The molecule has 3 heterocycles. The Hall–Kier alpha value is -3.18. The van der Waals surface area contributed by atoms with E-state index in [2.05, 4.69) is 42.2 Å². The van der Waals surface area contributed by atoms with E-state index < -0.39 is 0 Å². The maximum absolute atomic E-state index is 13.5. The van der Waals surface area contributed by atoms with Crippen molar-refractivity contribution < 1.29 is 4.79 Å². The van der Waals surface area contributed by atoms with Crippen LogP contribution < -0.4 is 4.90 Å². The number of para-hydroxylation sites is 1. The molecule has 5 heteroatoms. The van der Waals surface area contributed by atoms with Crippen LogP contribution in [0.1, 0.15) is 15.9 Å². The maximum Gasteiger partial charge on any atom is 0.254 e. The molecule has 0 aliphatic carbocycles. The number of aromatic nitrogens is 1. The normalized spacial score (nSPS) is 14.3. The van der Waals surface area contributed by atoms with E-state index in [0.717, 1.165) is 53.2 Å². The lowest BCUT2D eigenvalue weighted by Crippen LogP contribution is -2.48. The molecular formula is C25H23N3OS. The molecule has 0 atom stereocenters. The van der Waals surface area contributed by atoms with Crippen molar-refractivity contribution in [2.45, 2.75) is 6.92 Å². The van der Waals surface area contributed by atoms with Crippen LogP contribution in [-0.2, 0) is 0 Å². The highest BCUT2D eigenvalue weighted by Gasteiger charge is 2.24. The van der Waals surface area contributed by atoms with E-state index in [1.165, 1.54) is 11.3 Å². The highest BCUT2D eigenvalue weighted by Crippen LogP contribution is 2.29. The van der Waals surface area contributed by atoms with Crippen molar-refractivity contribution in [2.75, 3.05) is 31.1 Å². The number of carbonyl (C=O) groups is 1. The molecule has 1 amide bonds. The number of hydrogen-bond acceptors (Lipinski definition) is 4. The molecule has 1 aliphatic rings. The summed E-state index contributed by atoms with van der Waals surface area (Å²) >= 11 is 1.65. The smallest absolute Gasteiger partial charge is 0.254 e. The zero-order valence-electron chi connectivity index (χ0n) is 16.9. The van der Waals surface area contributed by atoms with Crippen LogP contribution in [0.5, 0.6) is 0 Å². The Kier molecular flexibility index (Phi) is 4.97. The molecule has 0 spiro atoms. The number of pyridine rings is 1. The van der Waals surface area contributed by atoms with Gasteiger partial charge < -0.3 is 9.80 Å². The molecule has 2 aromatic carbocycles. The monoisotopic (exact) mass is 413 g/mol. The molecule has 1 fully saturated rings. The van der Waals surface area contributed by atoms with Crippen molar-refractivity contribution >= 4 is 33.8 Å². The van der Waals surface area contributed by atoms with Crippen molar-refractivity contribution in [1.29, 1.82) is 0 Å². The average molecular weight is 414 g/mol. The zero-order valence-corrected chi connectivity index (χ0v) is 17.7. The molecule has 4 nitrogen and oxygen atoms in total. The second kappa shape index (κ2) is 7.92. The van der Waals surface area contributed by atoms with Gasteiger partial charge in [0.1, 0.15) is 0 Å². The van der Waals surface area contributed by atoms with Crippen LogP contribution in [0, 0.1) is 6.92 Å². The van der Waals surface area contributed by atoms with Crippen molar-refractivity contribution in [3.05, 3.63) is 83.2 Å². The average Bonchev–Trinajstić information content (AvgIpc) is 3.33. The minimum absolute atomic E-state index is 0.0929. The lowest BCUT2D eigenvalue weighted by molar-refractivity contribution is 0.0748. The molecule has 0 radical (unpaired) electrons.